The van der Waals surface area contributed by atoms with E-state index in [0.29, 0.717) is 33.4 Å². The number of aromatic nitrogens is 3. The normalized spacial score (nSPS) is 13.9. The first kappa shape index (κ1) is 78.9. The molecule has 0 N–H and O–H groups in total. The van der Waals surface area contributed by atoms with Crippen LogP contribution < -0.4 is 31.1 Å². The number of hydrogen-bond acceptors (Lipinski definition) is 3. The Balaban J connectivity index is 0.933. The standard InChI is InChI=1S/C132H119BN6/c1-127(2,3)90-56-65-114-106(75-90)107-76-91(128(4,5)6)57-66-115(107)135(114)99-62-70-119-111(80-99)110-79-98(134(96-47-33-23-34-48-96)97-49-35-24-36-50-97)61-69-118(110)137(119)101-82-122-124-123(83-101)139(126-104(86-43-29-21-30-44-86)53-38-54-105(126)87-45-31-22-32-46-87)121-81-100(136-116-67-58-92(129(7,8)9)77-108(116)109-78-93(130(10,11)12)59-68-117(109)136)60-64-113(121)133(124)112-63-55-88(89-71-94(131(13,14)15)74-95(72-89)132(16,17)18)73-120(112)138(122)125-102(84-39-25-19-26-40-84)51-37-52-103(125)85-41-27-20-28-42-85/h19-83H,1-18H3/i23D,33D,34D,47D,48D,62D,70D,80D. The van der Waals surface area contributed by atoms with E-state index in [1.54, 1.807) is 4.90 Å². The Morgan fingerprint density at radius 2 is 0.590 bits per heavy atom. The highest BCUT2D eigenvalue weighted by Gasteiger charge is 2.47. The molecule has 0 saturated carbocycles. The smallest absolute Gasteiger partial charge is 0.252 e. The summed E-state index contributed by atoms with van der Waals surface area (Å²) in [7, 11) is 0. The molecule has 2 aliphatic rings. The van der Waals surface area contributed by atoms with Crippen molar-refractivity contribution < 1.29 is 11.0 Å². The van der Waals surface area contributed by atoms with Gasteiger partial charge in [-0.15, -0.1) is 0 Å². The molecule has 680 valence electrons. The van der Waals surface area contributed by atoms with E-state index in [1.807, 2.05) is 48.5 Å². The van der Waals surface area contributed by atoms with Crippen LogP contribution in [0.2, 0.25) is 0 Å². The van der Waals surface area contributed by atoms with Crippen LogP contribution in [-0.2, 0) is 32.5 Å². The molecule has 18 aromatic carbocycles. The van der Waals surface area contributed by atoms with E-state index < -0.39 is 36.9 Å². The first-order valence-corrected chi connectivity index (χ1v) is 49.0. The minimum Gasteiger partial charge on any atom is -0.310 e. The van der Waals surface area contributed by atoms with E-state index >= 15 is 0 Å². The summed E-state index contributed by atoms with van der Waals surface area (Å²) in [6.45, 7) is 40.4. The Bertz CT molecular complexity index is 8690. The molecular weight excluding hydrogens is 1680 g/mol. The summed E-state index contributed by atoms with van der Waals surface area (Å²) in [6.07, 6.45) is 0. The number of nitrogens with zero attached hydrogens (tertiary/aromatic N) is 6. The number of rotatable bonds is 13. The highest BCUT2D eigenvalue weighted by Crippen LogP contribution is 2.56. The summed E-state index contributed by atoms with van der Waals surface area (Å²) in [4.78, 5) is 6.88. The number of benzene rings is 18. The molecule has 23 rings (SSSR count). The predicted octanol–water partition coefficient (Wildman–Crippen LogP) is 34.7. The molecule has 0 radical (unpaired) electrons. The molecule has 0 fully saturated rings. The van der Waals surface area contributed by atoms with Crippen LogP contribution in [-0.4, -0.2) is 20.4 Å². The highest BCUT2D eigenvalue weighted by atomic mass is 15.2. The summed E-state index contributed by atoms with van der Waals surface area (Å²) >= 11 is 0. The lowest BCUT2D eigenvalue weighted by atomic mass is 9.33. The van der Waals surface area contributed by atoms with Gasteiger partial charge in [-0.1, -0.05) is 379 Å². The van der Waals surface area contributed by atoms with Gasteiger partial charge in [-0.25, -0.2) is 0 Å². The van der Waals surface area contributed by atoms with Crippen LogP contribution in [0.5, 0.6) is 0 Å². The minimum atomic E-state index is -0.532. The third-order valence-corrected chi connectivity index (χ3v) is 29.1. The lowest BCUT2D eigenvalue weighted by Gasteiger charge is -2.46. The van der Waals surface area contributed by atoms with Crippen LogP contribution in [0, 0.1) is 0 Å². The van der Waals surface area contributed by atoms with E-state index in [4.69, 9.17) is 1.37 Å². The topological polar surface area (TPSA) is 24.5 Å². The second-order valence-corrected chi connectivity index (χ2v) is 44.4. The molecule has 0 spiro atoms. The van der Waals surface area contributed by atoms with Crippen molar-refractivity contribution in [3.05, 3.63) is 428 Å². The van der Waals surface area contributed by atoms with Gasteiger partial charge in [0.1, 0.15) is 0 Å². The van der Waals surface area contributed by atoms with Gasteiger partial charge < -0.3 is 28.4 Å². The number of hydrogen-bond donors (Lipinski definition) is 0. The van der Waals surface area contributed by atoms with E-state index in [-0.39, 0.29) is 67.5 Å². The number of para-hydroxylation sites is 4. The fourth-order valence-electron chi connectivity index (χ4n) is 21.6. The van der Waals surface area contributed by atoms with Crippen molar-refractivity contribution in [2.75, 3.05) is 14.7 Å². The fourth-order valence-corrected chi connectivity index (χ4v) is 21.6. The molecule has 139 heavy (non-hydrogen) atoms. The van der Waals surface area contributed by atoms with Crippen LogP contribution in [0.25, 0.3) is 138 Å². The van der Waals surface area contributed by atoms with Crippen LogP contribution >= 0.6 is 0 Å². The first-order valence-electron chi connectivity index (χ1n) is 53.0. The van der Waals surface area contributed by atoms with Gasteiger partial charge in [0, 0.05) is 106 Å². The monoisotopic (exact) mass is 1810 g/mol. The number of anilines is 9. The molecule has 0 saturated heterocycles. The second-order valence-electron chi connectivity index (χ2n) is 44.4. The summed E-state index contributed by atoms with van der Waals surface area (Å²) in [5, 5.41) is 5.10. The summed E-state index contributed by atoms with van der Waals surface area (Å²) in [5.41, 5.74) is 31.5. The van der Waals surface area contributed by atoms with Crippen molar-refractivity contribution in [1.29, 1.82) is 0 Å². The molecular formula is C132H119BN6. The second kappa shape index (κ2) is 32.8. The highest BCUT2D eigenvalue weighted by molar-refractivity contribution is 7.00. The van der Waals surface area contributed by atoms with E-state index in [1.165, 1.54) is 22.3 Å². The summed E-state index contributed by atoms with van der Waals surface area (Å²) in [6, 6.07) is 123. The van der Waals surface area contributed by atoms with Gasteiger partial charge in [0.2, 0.25) is 0 Å². The third kappa shape index (κ3) is 15.1. The maximum Gasteiger partial charge on any atom is 0.252 e. The fraction of sp³-hybridized carbons (Fsp3) is 0.182. The van der Waals surface area contributed by atoms with Gasteiger partial charge in [-0.05, 0) is 255 Å². The van der Waals surface area contributed by atoms with Crippen molar-refractivity contribution in [1.82, 2.24) is 13.7 Å². The van der Waals surface area contributed by atoms with Gasteiger partial charge in [0.15, 0.2) is 0 Å². The maximum absolute atomic E-state index is 11.8. The molecule has 0 aliphatic carbocycles. The Labute approximate surface area is 831 Å². The van der Waals surface area contributed by atoms with Gasteiger partial charge in [0.25, 0.3) is 6.71 Å². The quantitative estimate of drug-likeness (QED) is 0.108. The zero-order chi connectivity index (χ0) is 103. The lowest BCUT2D eigenvalue weighted by Crippen LogP contribution is -2.61. The van der Waals surface area contributed by atoms with Crippen molar-refractivity contribution in [3.63, 3.8) is 0 Å². The van der Waals surface area contributed by atoms with Crippen molar-refractivity contribution in [2.24, 2.45) is 0 Å². The van der Waals surface area contributed by atoms with Gasteiger partial charge in [-0.2, -0.15) is 0 Å². The Hall–Kier alpha value is -15.2. The Kier molecular flexibility index (Phi) is 18.6. The Morgan fingerprint density at radius 1 is 0.230 bits per heavy atom. The molecule has 0 atom stereocenters. The van der Waals surface area contributed by atoms with E-state index in [2.05, 4.69) is 445 Å². The van der Waals surface area contributed by atoms with Crippen molar-refractivity contribution in [2.45, 2.75) is 157 Å². The first-order chi connectivity index (χ1) is 70.1. The van der Waals surface area contributed by atoms with Gasteiger partial charge in [0.05, 0.1) is 61.1 Å². The summed E-state index contributed by atoms with van der Waals surface area (Å²) in [5.74, 6) is 0. The molecule has 0 unspecified atom stereocenters. The van der Waals surface area contributed by atoms with Crippen molar-refractivity contribution >= 4 is 140 Å². The zero-order valence-corrected chi connectivity index (χ0v) is 82.7. The average molecular weight is 1810 g/mol. The third-order valence-electron chi connectivity index (χ3n) is 29.1. The zero-order valence-electron chi connectivity index (χ0n) is 90.7. The molecule has 21 aromatic rings. The molecule has 2 aliphatic heterocycles. The van der Waals surface area contributed by atoms with Crippen LogP contribution in [0.3, 0.4) is 0 Å². The summed E-state index contributed by atoms with van der Waals surface area (Å²) < 4.78 is 89.0. The molecule has 0 bridgehead atoms. The van der Waals surface area contributed by atoms with E-state index in [0.717, 1.165) is 167 Å². The van der Waals surface area contributed by atoms with E-state index in [9.17, 15) is 9.60 Å². The molecule has 7 heteroatoms. The van der Waals surface area contributed by atoms with Gasteiger partial charge >= 0.3 is 0 Å². The van der Waals surface area contributed by atoms with Crippen LogP contribution in [0.1, 0.15) is 169 Å². The van der Waals surface area contributed by atoms with Gasteiger partial charge in [-0.3, -0.25) is 0 Å². The average Bonchev–Trinajstić information content (AvgIpc) is 1.22. The SMILES string of the molecule is [2H]c1c([2H])c([2H])c(N(c2ccccc2)c2ccc3c(c2)c2c([2H])c(-n4c5ccc(C(C)(C)C)cc5c5cc(C(C)(C)C)ccc54)c([2H])c([2H])c2n3-c2cc3c4c(c2)N(c2c(-c5ccccc5)cccc2-c2ccccc2)c2cc(-n5c6ccc(C(C)(C)C)cc6c6cc(C(C)(C)C)ccc65)ccc2B4c2ccc(-c4cc(C(C)(C)C)cc(C(C)(C)C)c4)cc2N3c2c(-c3ccccc3)cccc2-c2ccccc2)c([2H])c1[2H]. The predicted molar refractivity (Wildman–Crippen MR) is 598 cm³/mol. The molecule has 3 aromatic heterocycles. The molecule has 0 amide bonds. The number of fused-ring (bicyclic) bond motifs is 13. The van der Waals surface area contributed by atoms with Crippen molar-refractivity contribution in [3.8, 4) is 72.7 Å². The van der Waals surface area contributed by atoms with Crippen LogP contribution in [0.15, 0.2) is 394 Å². The maximum atomic E-state index is 11.8. The minimum absolute atomic E-state index is 0.0156. The van der Waals surface area contributed by atoms with Crippen LogP contribution in [0.4, 0.5) is 51.2 Å². The molecule has 5 heterocycles. The molecule has 6 nitrogen and oxygen atoms in total. The Morgan fingerprint density at radius 3 is 1.00 bits per heavy atom. The lowest BCUT2D eigenvalue weighted by molar-refractivity contribution is 0.569. The largest absolute Gasteiger partial charge is 0.310 e.